The first-order valence-electron chi connectivity index (χ1n) is 12.0. The molecule has 0 bridgehead atoms. The van der Waals surface area contributed by atoms with E-state index >= 15 is 0 Å². The Morgan fingerprint density at radius 1 is 1.03 bits per heavy atom. The molecule has 0 amide bonds. The van der Waals surface area contributed by atoms with Gasteiger partial charge in [-0.25, -0.2) is 0 Å². The monoisotopic (exact) mass is 424 g/mol. The summed E-state index contributed by atoms with van der Waals surface area (Å²) in [6.45, 7) is 21.4. The molecule has 1 heterocycles. The van der Waals surface area contributed by atoms with Gasteiger partial charge in [-0.2, -0.15) is 0 Å². The molecular weight excluding hydrogens is 376 g/mol. The first-order valence-corrected chi connectivity index (χ1v) is 14.1. The Labute approximate surface area is 182 Å². The molecule has 0 spiro atoms. The van der Waals surface area contributed by atoms with E-state index in [9.17, 15) is 4.79 Å². The van der Waals surface area contributed by atoms with Crippen molar-refractivity contribution in [3.8, 4) is 0 Å². The average Bonchev–Trinajstić information content (AvgIpc) is 2.59. The van der Waals surface area contributed by atoms with Gasteiger partial charge in [-0.15, -0.1) is 0 Å². The summed E-state index contributed by atoms with van der Waals surface area (Å²) in [5.74, 6) is 1.33. The van der Waals surface area contributed by atoms with Gasteiger partial charge in [0.2, 0.25) is 0 Å². The molecule has 1 saturated heterocycles. The molecule has 3 atom stereocenters. The number of carbonyl (C=O) groups is 1. The Hall–Kier alpha value is -0.453. The molecule has 170 valence electrons. The van der Waals surface area contributed by atoms with Gasteiger partial charge in [0, 0.05) is 13.0 Å². The van der Waals surface area contributed by atoms with Crippen molar-refractivity contribution >= 4 is 14.1 Å². The van der Waals surface area contributed by atoms with Crippen LogP contribution >= 0.6 is 0 Å². The number of ether oxygens (including phenoxy) is 1. The van der Waals surface area contributed by atoms with Crippen LogP contribution < -0.4 is 0 Å². The predicted molar refractivity (Wildman–Crippen MR) is 127 cm³/mol. The highest BCUT2D eigenvalue weighted by atomic mass is 28.4. The summed E-state index contributed by atoms with van der Waals surface area (Å²) in [5.41, 5.74) is 1.82. The SMILES string of the molecule is CC(C)C/C=C/C(=O)C[C@@H]1CC[C@H](C)[C@@H](CCO[Si](C(C)C)(C(C)C)C(C)C)O1. The summed E-state index contributed by atoms with van der Waals surface area (Å²) in [5, 5.41) is 0. The maximum absolute atomic E-state index is 12.3. The highest BCUT2D eigenvalue weighted by Crippen LogP contribution is 2.42. The minimum atomic E-state index is -1.82. The Kier molecular flexibility index (Phi) is 11.4. The third kappa shape index (κ3) is 7.95. The second-order valence-electron chi connectivity index (χ2n) is 10.5. The molecule has 4 heteroatoms. The van der Waals surface area contributed by atoms with Crippen LogP contribution in [-0.2, 0) is 14.0 Å². The number of ketones is 1. The summed E-state index contributed by atoms with van der Waals surface area (Å²) in [6.07, 6.45) is 8.59. The van der Waals surface area contributed by atoms with Crippen molar-refractivity contribution in [3.05, 3.63) is 12.2 Å². The zero-order chi connectivity index (χ0) is 22.2. The highest BCUT2D eigenvalue weighted by molar-refractivity contribution is 6.77. The fourth-order valence-corrected chi connectivity index (χ4v) is 10.7. The van der Waals surface area contributed by atoms with Gasteiger partial charge >= 0.3 is 0 Å². The average molecular weight is 425 g/mol. The van der Waals surface area contributed by atoms with Crippen molar-refractivity contribution in [2.24, 2.45) is 11.8 Å². The lowest BCUT2D eigenvalue weighted by molar-refractivity contribution is -0.124. The maximum atomic E-state index is 12.3. The van der Waals surface area contributed by atoms with Gasteiger partial charge in [-0.1, -0.05) is 68.4 Å². The van der Waals surface area contributed by atoms with Crippen LogP contribution in [-0.4, -0.2) is 32.9 Å². The molecular formula is C25H48O3Si. The highest BCUT2D eigenvalue weighted by Gasteiger charge is 2.45. The van der Waals surface area contributed by atoms with Crippen LogP contribution in [0.15, 0.2) is 12.2 Å². The third-order valence-corrected chi connectivity index (χ3v) is 12.9. The lowest BCUT2D eigenvalue weighted by atomic mass is 9.90. The second kappa shape index (κ2) is 12.4. The second-order valence-corrected chi connectivity index (χ2v) is 16.0. The van der Waals surface area contributed by atoms with E-state index in [1.165, 1.54) is 0 Å². The molecule has 0 N–H and O–H groups in total. The van der Waals surface area contributed by atoms with E-state index in [0.717, 1.165) is 32.3 Å². The third-order valence-electron chi connectivity index (χ3n) is 6.75. The van der Waals surface area contributed by atoms with Crippen molar-refractivity contribution in [1.29, 1.82) is 0 Å². The molecule has 0 aromatic carbocycles. The van der Waals surface area contributed by atoms with Crippen molar-refractivity contribution in [2.75, 3.05) is 6.61 Å². The minimum Gasteiger partial charge on any atom is -0.416 e. The van der Waals surface area contributed by atoms with E-state index in [1.54, 1.807) is 6.08 Å². The molecule has 0 aliphatic carbocycles. The molecule has 0 saturated carbocycles. The Morgan fingerprint density at radius 2 is 1.62 bits per heavy atom. The summed E-state index contributed by atoms with van der Waals surface area (Å²) >= 11 is 0. The summed E-state index contributed by atoms with van der Waals surface area (Å²) in [7, 11) is -1.82. The van der Waals surface area contributed by atoms with Crippen molar-refractivity contribution < 1.29 is 14.0 Å². The van der Waals surface area contributed by atoms with E-state index < -0.39 is 8.32 Å². The predicted octanol–water partition coefficient (Wildman–Crippen LogP) is 7.31. The molecule has 29 heavy (non-hydrogen) atoms. The number of hydrogen-bond donors (Lipinski definition) is 0. The van der Waals surface area contributed by atoms with Crippen LogP contribution in [0.4, 0.5) is 0 Å². The quantitative estimate of drug-likeness (QED) is 0.243. The number of rotatable bonds is 12. The summed E-state index contributed by atoms with van der Waals surface area (Å²) in [4.78, 5) is 12.3. The van der Waals surface area contributed by atoms with Crippen LogP contribution in [0.5, 0.6) is 0 Å². The van der Waals surface area contributed by atoms with Crippen LogP contribution in [0.25, 0.3) is 0 Å². The largest absolute Gasteiger partial charge is 0.416 e. The molecule has 1 rings (SSSR count). The van der Waals surface area contributed by atoms with Crippen LogP contribution in [0.1, 0.15) is 94.4 Å². The van der Waals surface area contributed by atoms with Crippen molar-refractivity contribution in [3.63, 3.8) is 0 Å². The van der Waals surface area contributed by atoms with Crippen molar-refractivity contribution in [1.82, 2.24) is 0 Å². The lowest BCUT2D eigenvalue weighted by Gasteiger charge is -2.43. The Bertz CT molecular complexity index is 488. The van der Waals surface area contributed by atoms with Gasteiger partial charge in [-0.05, 0) is 60.2 Å². The Balaban J connectivity index is 2.60. The van der Waals surface area contributed by atoms with E-state index in [1.807, 2.05) is 6.08 Å². The van der Waals surface area contributed by atoms with Gasteiger partial charge in [0.1, 0.15) is 0 Å². The minimum absolute atomic E-state index is 0.0645. The molecule has 1 aliphatic heterocycles. The zero-order valence-electron chi connectivity index (χ0n) is 20.7. The summed E-state index contributed by atoms with van der Waals surface area (Å²) in [6, 6.07) is 0. The van der Waals surface area contributed by atoms with Gasteiger partial charge in [0.25, 0.3) is 0 Å². The molecule has 0 aromatic heterocycles. The van der Waals surface area contributed by atoms with Gasteiger partial charge in [0.05, 0.1) is 12.2 Å². The molecule has 1 aliphatic rings. The maximum Gasteiger partial charge on any atom is 0.200 e. The number of carbonyl (C=O) groups excluding carboxylic acids is 1. The van der Waals surface area contributed by atoms with E-state index in [0.29, 0.717) is 34.9 Å². The lowest BCUT2D eigenvalue weighted by Crippen LogP contribution is -2.48. The molecule has 0 aromatic rings. The van der Waals surface area contributed by atoms with E-state index in [2.05, 4.69) is 62.3 Å². The molecule has 1 fully saturated rings. The molecule has 0 unspecified atom stereocenters. The summed E-state index contributed by atoms with van der Waals surface area (Å²) < 4.78 is 13.1. The van der Waals surface area contributed by atoms with Gasteiger partial charge in [0.15, 0.2) is 14.1 Å². The smallest absolute Gasteiger partial charge is 0.200 e. The van der Waals surface area contributed by atoms with Gasteiger partial charge < -0.3 is 9.16 Å². The first-order chi connectivity index (χ1) is 13.5. The molecule has 0 radical (unpaired) electrons. The van der Waals surface area contributed by atoms with Crippen LogP contribution in [0.2, 0.25) is 16.6 Å². The standard InChI is InChI=1S/C25H48O3Si/c1-18(2)11-10-12-23(26)17-24-14-13-22(9)25(28-24)15-16-27-29(19(3)4,20(5)6)21(7)8/h10,12,18-22,24-25H,11,13-17H2,1-9H3/b12-10+/t22-,24-,25+/m0/s1. The zero-order valence-corrected chi connectivity index (χ0v) is 21.7. The first kappa shape index (κ1) is 26.6. The van der Waals surface area contributed by atoms with Crippen LogP contribution in [0.3, 0.4) is 0 Å². The fourth-order valence-electron chi connectivity index (χ4n) is 5.20. The van der Waals surface area contributed by atoms with Crippen molar-refractivity contribution in [2.45, 2.75) is 123 Å². The topological polar surface area (TPSA) is 35.5 Å². The molecule has 3 nitrogen and oxygen atoms in total. The number of hydrogen-bond acceptors (Lipinski definition) is 3. The number of allylic oxidation sites excluding steroid dienone is 2. The fraction of sp³-hybridized carbons (Fsp3) is 0.880. The van der Waals surface area contributed by atoms with Crippen LogP contribution in [0, 0.1) is 11.8 Å². The normalized spacial score (nSPS) is 23.8. The Morgan fingerprint density at radius 3 is 2.14 bits per heavy atom. The van der Waals surface area contributed by atoms with Gasteiger partial charge in [-0.3, -0.25) is 4.79 Å². The van der Waals surface area contributed by atoms with E-state index in [4.69, 9.17) is 9.16 Å². The van der Waals surface area contributed by atoms with E-state index in [-0.39, 0.29) is 18.0 Å².